The number of aliphatic hydroxyl groups excluding tert-OH is 1. The molecule has 1 unspecified atom stereocenters. The van der Waals surface area contributed by atoms with Crippen molar-refractivity contribution in [3.63, 3.8) is 0 Å². The van der Waals surface area contributed by atoms with Gasteiger partial charge in [0.25, 0.3) is 0 Å². The topological polar surface area (TPSA) is 70.1 Å². The van der Waals surface area contributed by atoms with Gasteiger partial charge in [-0.3, -0.25) is 4.79 Å². The highest BCUT2D eigenvalue weighted by Gasteiger charge is 2.11. The molecule has 3 N–H and O–H groups in total. The van der Waals surface area contributed by atoms with Crippen molar-refractivity contribution in [2.75, 3.05) is 13.1 Å². The maximum atomic E-state index is 12.5. The molecule has 35 heavy (non-hydrogen) atoms. The molecular formula is C30H29N3O2. The number of aromatic nitrogens is 2. The summed E-state index contributed by atoms with van der Waals surface area (Å²) in [5.41, 5.74) is 5.10. The molecule has 5 aromatic rings. The van der Waals surface area contributed by atoms with Crippen molar-refractivity contribution in [1.29, 1.82) is 0 Å². The Morgan fingerprint density at radius 2 is 1.71 bits per heavy atom. The smallest absolute Gasteiger partial charge is 0.185 e. The summed E-state index contributed by atoms with van der Waals surface area (Å²) >= 11 is 0. The fourth-order valence-electron chi connectivity index (χ4n) is 4.54. The monoisotopic (exact) mass is 463 g/mol. The first-order valence-corrected chi connectivity index (χ1v) is 12.0. The number of hydrogen-bond donors (Lipinski definition) is 3. The summed E-state index contributed by atoms with van der Waals surface area (Å²) in [7, 11) is 0. The molecular weight excluding hydrogens is 434 g/mol. The van der Waals surface area contributed by atoms with Gasteiger partial charge >= 0.3 is 0 Å². The van der Waals surface area contributed by atoms with E-state index in [0.29, 0.717) is 18.7 Å². The lowest BCUT2D eigenvalue weighted by atomic mass is 10.1. The highest BCUT2D eigenvalue weighted by Crippen LogP contribution is 2.23. The van der Waals surface area contributed by atoms with Gasteiger partial charge in [-0.05, 0) is 42.8 Å². The summed E-state index contributed by atoms with van der Waals surface area (Å²) in [6.45, 7) is 1.77. The second-order valence-corrected chi connectivity index (χ2v) is 8.79. The van der Waals surface area contributed by atoms with Crippen LogP contribution < -0.4 is 5.32 Å². The summed E-state index contributed by atoms with van der Waals surface area (Å²) in [6, 6.07) is 25.6. The van der Waals surface area contributed by atoms with Crippen LogP contribution in [0.25, 0.3) is 27.9 Å². The third-order valence-electron chi connectivity index (χ3n) is 6.33. The Morgan fingerprint density at radius 1 is 0.971 bits per heavy atom. The number of carbonyl (C=O) groups is 1. The SMILES string of the molecule is O=C(C=Cc1cn(CC(O)CNCCc2c[nH]c3ccccc23)c2ccccc12)c1ccccc1. The van der Waals surface area contributed by atoms with Gasteiger partial charge in [0.05, 0.1) is 6.10 Å². The molecule has 0 fully saturated rings. The fraction of sp³-hybridized carbons (Fsp3) is 0.167. The molecule has 0 aliphatic rings. The number of fused-ring (bicyclic) bond motifs is 2. The molecule has 0 amide bonds. The molecule has 0 saturated carbocycles. The summed E-state index contributed by atoms with van der Waals surface area (Å²) in [5, 5.41) is 16.4. The van der Waals surface area contributed by atoms with Gasteiger partial charge in [0.1, 0.15) is 0 Å². The average Bonchev–Trinajstić information content (AvgIpc) is 3.47. The number of carbonyl (C=O) groups excluding carboxylic acids is 1. The zero-order chi connectivity index (χ0) is 24.0. The molecule has 0 aliphatic carbocycles. The second kappa shape index (κ2) is 10.6. The van der Waals surface area contributed by atoms with Crippen LogP contribution in [0.4, 0.5) is 0 Å². The number of aromatic amines is 1. The molecule has 2 aromatic heterocycles. The van der Waals surface area contributed by atoms with Gasteiger partial charge < -0.3 is 20.0 Å². The fourth-order valence-corrected chi connectivity index (χ4v) is 4.54. The van der Waals surface area contributed by atoms with Crippen LogP contribution in [-0.4, -0.2) is 39.6 Å². The van der Waals surface area contributed by atoms with Gasteiger partial charge in [0.15, 0.2) is 5.78 Å². The van der Waals surface area contributed by atoms with Crippen molar-refractivity contribution in [3.05, 3.63) is 114 Å². The van der Waals surface area contributed by atoms with Gasteiger partial charge in [-0.1, -0.05) is 66.7 Å². The van der Waals surface area contributed by atoms with E-state index in [0.717, 1.165) is 34.9 Å². The molecule has 2 heterocycles. The van der Waals surface area contributed by atoms with E-state index in [-0.39, 0.29) is 5.78 Å². The Bertz CT molecular complexity index is 1460. The van der Waals surface area contributed by atoms with Crippen LogP contribution in [0.3, 0.4) is 0 Å². The minimum absolute atomic E-state index is 0.0260. The van der Waals surface area contributed by atoms with Crippen LogP contribution in [0.15, 0.2) is 97.3 Å². The van der Waals surface area contributed by atoms with Gasteiger partial charge in [0.2, 0.25) is 0 Å². The highest BCUT2D eigenvalue weighted by atomic mass is 16.3. The molecule has 0 bridgehead atoms. The Balaban J connectivity index is 1.21. The minimum atomic E-state index is -0.531. The first-order chi connectivity index (χ1) is 17.2. The molecule has 5 heteroatoms. The average molecular weight is 464 g/mol. The molecule has 3 aromatic carbocycles. The van der Waals surface area contributed by atoms with E-state index in [4.69, 9.17) is 0 Å². The number of hydrogen-bond acceptors (Lipinski definition) is 3. The third kappa shape index (κ3) is 5.27. The lowest BCUT2D eigenvalue weighted by Gasteiger charge is -2.13. The zero-order valence-electron chi connectivity index (χ0n) is 19.5. The molecule has 0 aliphatic heterocycles. The predicted octanol–water partition coefficient (Wildman–Crippen LogP) is 5.21. The van der Waals surface area contributed by atoms with Crippen LogP contribution in [0.5, 0.6) is 0 Å². The summed E-state index contributed by atoms with van der Waals surface area (Å²) in [4.78, 5) is 15.8. The standard InChI is InChI=1S/C30H29N3O2/c34-25(19-31-17-16-23-18-32-28-12-6-4-10-26(23)28)21-33-20-24(27-11-5-7-13-29(27)33)14-15-30(35)22-8-2-1-3-9-22/h1-15,18,20,25,31-32,34H,16-17,19,21H2. The number of allylic oxidation sites excluding steroid dienone is 1. The number of nitrogens with zero attached hydrogens (tertiary/aromatic N) is 1. The van der Waals surface area contributed by atoms with Crippen LogP contribution in [-0.2, 0) is 13.0 Å². The number of aliphatic hydroxyl groups is 1. The largest absolute Gasteiger partial charge is 0.390 e. The zero-order valence-corrected chi connectivity index (χ0v) is 19.5. The third-order valence-corrected chi connectivity index (χ3v) is 6.33. The first-order valence-electron chi connectivity index (χ1n) is 12.0. The molecule has 176 valence electrons. The number of rotatable bonds is 10. The van der Waals surface area contributed by atoms with Crippen LogP contribution in [0, 0.1) is 0 Å². The highest BCUT2D eigenvalue weighted by molar-refractivity contribution is 6.07. The van der Waals surface area contributed by atoms with Crippen molar-refractivity contribution in [3.8, 4) is 0 Å². The van der Waals surface area contributed by atoms with Gasteiger partial charge in [-0.2, -0.15) is 0 Å². The maximum Gasteiger partial charge on any atom is 0.185 e. The van der Waals surface area contributed by atoms with E-state index in [1.165, 1.54) is 10.9 Å². The van der Waals surface area contributed by atoms with Crippen LogP contribution in [0.1, 0.15) is 21.5 Å². The lowest BCUT2D eigenvalue weighted by Crippen LogP contribution is -2.31. The predicted molar refractivity (Wildman–Crippen MR) is 143 cm³/mol. The number of ketones is 1. The van der Waals surface area contributed by atoms with Crippen molar-refractivity contribution in [1.82, 2.24) is 14.9 Å². The van der Waals surface area contributed by atoms with E-state index >= 15 is 0 Å². The van der Waals surface area contributed by atoms with Crippen LogP contribution >= 0.6 is 0 Å². The molecule has 0 radical (unpaired) electrons. The molecule has 0 spiro atoms. The number of nitrogens with one attached hydrogen (secondary N) is 2. The van der Waals surface area contributed by atoms with E-state index in [2.05, 4.69) is 39.3 Å². The number of para-hydroxylation sites is 2. The molecule has 5 nitrogen and oxygen atoms in total. The number of benzene rings is 3. The number of H-pyrrole nitrogens is 1. The first kappa shape index (κ1) is 22.8. The summed E-state index contributed by atoms with van der Waals surface area (Å²) in [6.07, 6.45) is 7.91. The molecule has 0 saturated heterocycles. The van der Waals surface area contributed by atoms with E-state index in [1.807, 2.05) is 72.9 Å². The van der Waals surface area contributed by atoms with E-state index in [1.54, 1.807) is 6.08 Å². The Morgan fingerprint density at radius 3 is 2.57 bits per heavy atom. The van der Waals surface area contributed by atoms with Crippen molar-refractivity contribution < 1.29 is 9.90 Å². The molecule has 5 rings (SSSR count). The molecule has 1 atom stereocenters. The van der Waals surface area contributed by atoms with E-state index < -0.39 is 6.10 Å². The normalized spacial score (nSPS) is 12.6. The summed E-state index contributed by atoms with van der Waals surface area (Å²) in [5.74, 6) is -0.0260. The summed E-state index contributed by atoms with van der Waals surface area (Å²) < 4.78 is 2.06. The van der Waals surface area contributed by atoms with Gasteiger partial charge in [-0.15, -0.1) is 0 Å². The maximum absolute atomic E-state index is 12.5. The van der Waals surface area contributed by atoms with Gasteiger partial charge in [-0.25, -0.2) is 0 Å². The Kier molecular flexibility index (Phi) is 6.89. The van der Waals surface area contributed by atoms with Crippen molar-refractivity contribution in [2.45, 2.75) is 19.1 Å². The lowest BCUT2D eigenvalue weighted by molar-refractivity contribution is 0.104. The van der Waals surface area contributed by atoms with Crippen molar-refractivity contribution >= 4 is 33.7 Å². The van der Waals surface area contributed by atoms with E-state index in [9.17, 15) is 9.90 Å². The minimum Gasteiger partial charge on any atom is -0.390 e. The second-order valence-electron chi connectivity index (χ2n) is 8.79. The quantitative estimate of drug-likeness (QED) is 0.151. The Labute approximate surface area is 204 Å². The van der Waals surface area contributed by atoms with Crippen LogP contribution in [0.2, 0.25) is 0 Å². The Hall–Kier alpha value is -3.93. The van der Waals surface area contributed by atoms with Crippen molar-refractivity contribution in [2.24, 2.45) is 0 Å². The van der Waals surface area contributed by atoms with Gasteiger partial charge in [0, 0.05) is 58.4 Å².